The van der Waals surface area contributed by atoms with Gasteiger partial charge < -0.3 is 23.7 Å². The Morgan fingerprint density at radius 1 is 1.00 bits per heavy atom. The van der Waals surface area contributed by atoms with Crippen LogP contribution in [0.25, 0.3) is 17.0 Å². The van der Waals surface area contributed by atoms with Gasteiger partial charge in [0.25, 0.3) is 0 Å². The third kappa shape index (κ3) is 3.92. The Morgan fingerprint density at radius 2 is 1.66 bits per heavy atom. The van der Waals surface area contributed by atoms with Gasteiger partial charge in [0.15, 0.2) is 17.3 Å². The lowest BCUT2D eigenvalue weighted by atomic mass is 10.1. The van der Waals surface area contributed by atoms with Crippen molar-refractivity contribution in [1.29, 1.82) is 0 Å². The number of methoxy groups -OCH3 is 3. The molecule has 3 aromatic rings. The molecule has 0 atom stereocenters. The van der Waals surface area contributed by atoms with Crippen LogP contribution in [0.3, 0.4) is 0 Å². The number of rotatable bonds is 7. The van der Waals surface area contributed by atoms with E-state index in [1.54, 1.807) is 18.2 Å². The van der Waals surface area contributed by atoms with Gasteiger partial charge in [0.1, 0.15) is 0 Å². The molecule has 152 valence electrons. The molecule has 0 radical (unpaired) electrons. The molecule has 0 N–H and O–H groups in total. The highest BCUT2D eigenvalue weighted by atomic mass is 16.5. The number of carbonyl (C=O) groups excluding carboxylic acids is 1. The Bertz CT molecular complexity index is 1050. The fraction of sp³-hybridized carbons (Fsp3) is 0.261. The largest absolute Gasteiger partial charge is 0.493 e. The smallest absolute Gasteiger partial charge is 0.203 e. The molecular weight excluding hydrogens is 368 g/mol. The van der Waals surface area contributed by atoms with Gasteiger partial charge in [-0.3, -0.25) is 4.79 Å². The van der Waals surface area contributed by atoms with Crippen molar-refractivity contribution in [2.45, 2.75) is 0 Å². The van der Waals surface area contributed by atoms with Gasteiger partial charge in [0, 0.05) is 55.1 Å². The minimum absolute atomic E-state index is 0.148. The van der Waals surface area contributed by atoms with Crippen molar-refractivity contribution in [2.24, 2.45) is 7.05 Å². The van der Waals surface area contributed by atoms with Gasteiger partial charge in [-0.1, -0.05) is 0 Å². The first-order valence-electron chi connectivity index (χ1n) is 9.18. The first kappa shape index (κ1) is 20.3. The van der Waals surface area contributed by atoms with E-state index in [1.807, 2.05) is 33.4 Å². The second-order valence-electron chi connectivity index (χ2n) is 6.90. The lowest BCUT2D eigenvalue weighted by Gasteiger charge is -2.13. The highest BCUT2D eigenvalue weighted by Gasteiger charge is 2.16. The fourth-order valence-electron chi connectivity index (χ4n) is 3.31. The number of ether oxygens (including phenoxy) is 3. The van der Waals surface area contributed by atoms with E-state index in [4.69, 9.17) is 14.2 Å². The predicted molar refractivity (Wildman–Crippen MR) is 117 cm³/mol. The van der Waals surface area contributed by atoms with Crippen LogP contribution in [0.4, 0.5) is 5.69 Å². The Labute approximate surface area is 170 Å². The molecule has 0 bridgehead atoms. The van der Waals surface area contributed by atoms with Gasteiger partial charge in [0.05, 0.1) is 21.3 Å². The number of nitrogens with zero attached hydrogens (tertiary/aromatic N) is 2. The Kier molecular flexibility index (Phi) is 5.82. The van der Waals surface area contributed by atoms with Crippen LogP contribution in [-0.4, -0.2) is 45.8 Å². The number of anilines is 1. The van der Waals surface area contributed by atoms with Crippen LogP contribution in [0.5, 0.6) is 17.2 Å². The van der Waals surface area contributed by atoms with E-state index in [-0.39, 0.29) is 5.78 Å². The number of allylic oxidation sites excluding steroid dienone is 1. The molecular formula is C23H26N2O4. The SMILES string of the molecule is COc1cc(C(=O)C=Cc2cn(C)c3ccc(N(C)C)cc23)cc(OC)c1OC. The standard InChI is InChI=1S/C23H26N2O4/c1-24(2)17-8-9-19-18(13-17)15(14-25(19)3)7-10-20(26)16-11-21(27-4)23(29-6)22(12-16)28-5/h7-14H,1-6H3. The molecule has 0 spiro atoms. The second-order valence-corrected chi connectivity index (χ2v) is 6.90. The summed E-state index contributed by atoms with van der Waals surface area (Å²) in [6, 6.07) is 9.60. The Hall–Kier alpha value is -3.41. The van der Waals surface area contributed by atoms with E-state index in [0.29, 0.717) is 22.8 Å². The highest BCUT2D eigenvalue weighted by molar-refractivity contribution is 6.08. The predicted octanol–water partition coefficient (Wildman–Crippen LogP) is 4.17. The number of aryl methyl sites for hydroxylation is 1. The summed E-state index contributed by atoms with van der Waals surface area (Å²) in [5.74, 6) is 1.21. The number of hydrogen-bond donors (Lipinski definition) is 0. The van der Waals surface area contributed by atoms with E-state index >= 15 is 0 Å². The third-order valence-corrected chi connectivity index (χ3v) is 4.88. The topological polar surface area (TPSA) is 52.9 Å². The molecule has 1 aromatic heterocycles. The number of hydrogen-bond acceptors (Lipinski definition) is 5. The van der Waals surface area contributed by atoms with E-state index in [2.05, 4.69) is 27.7 Å². The van der Waals surface area contributed by atoms with Gasteiger partial charge in [-0.25, -0.2) is 0 Å². The molecule has 0 unspecified atom stereocenters. The van der Waals surface area contributed by atoms with Gasteiger partial charge in [0.2, 0.25) is 5.75 Å². The monoisotopic (exact) mass is 394 g/mol. The van der Waals surface area contributed by atoms with Crippen molar-refractivity contribution in [1.82, 2.24) is 4.57 Å². The van der Waals surface area contributed by atoms with E-state index < -0.39 is 0 Å². The second kappa shape index (κ2) is 8.31. The molecule has 2 aromatic carbocycles. The number of carbonyl (C=O) groups is 1. The summed E-state index contributed by atoms with van der Waals surface area (Å²) < 4.78 is 18.1. The fourth-order valence-corrected chi connectivity index (χ4v) is 3.31. The first-order valence-corrected chi connectivity index (χ1v) is 9.18. The van der Waals surface area contributed by atoms with Crippen LogP contribution in [0.15, 0.2) is 42.6 Å². The molecule has 0 aliphatic heterocycles. The Morgan fingerprint density at radius 3 is 2.21 bits per heavy atom. The molecule has 0 fully saturated rings. The molecule has 0 saturated heterocycles. The lowest BCUT2D eigenvalue weighted by molar-refractivity contribution is 0.104. The maximum Gasteiger partial charge on any atom is 0.203 e. The van der Waals surface area contributed by atoms with Crippen molar-refractivity contribution in [2.75, 3.05) is 40.3 Å². The molecule has 0 aliphatic carbocycles. The minimum atomic E-state index is -0.148. The van der Waals surface area contributed by atoms with Gasteiger partial charge in [-0.05, 0) is 42.5 Å². The quantitative estimate of drug-likeness (QED) is 0.445. The zero-order chi connectivity index (χ0) is 21.1. The summed E-state index contributed by atoms with van der Waals surface area (Å²) in [5, 5.41) is 1.09. The van der Waals surface area contributed by atoms with Crippen LogP contribution in [0.1, 0.15) is 15.9 Å². The molecule has 1 heterocycles. The van der Waals surface area contributed by atoms with Crippen LogP contribution in [0, 0.1) is 0 Å². The van der Waals surface area contributed by atoms with Gasteiger partial charge >= 0.3 is 0 Å². The van der Waals surface area contributed by atoms with Crippen LogP contribution in [0.2, 0.25) is 0 Å². The van der Waals surface area contributed by atoms with Crippen molar-refractivity contribution < 1.29 is 19.0 Å². The zero-order valence-electron chi connectivity index (χ0n) is 17.6. The number of ketones is 1. The van der Waals surface area contributed by atoms with E-state index in [9.17, 15) is 4.79 Å². The molecule has 0 amide bonds. The summed E-state index contributed by atoms with van der Waals surface area (Å²) in [6.45, 7) is 0. The summed E-state index contributed by atoms with van der Waals surface area (Å²) in [7, 11) is 10.6. The van der Waals surface area contributed by atoms with Gasteiger partial charge in [-0.15, -0.1) is 0 Å². The van der Waals surface area contributed by atoms with E-state index in [0.717, 1.165) is 22.2 Å². The third-order valence-electron chi connectivity index (χ3n) is 4.88. The summed E-state index contributed by atoms with van der Waals surface area (Å²) in [6.07, 6.45) is 5.42. The number of benzene rings is 2. The van der Waals surface area contributed by atoms with Crippen molar-refractivity contribution in [3.05, 3.63) is 53.7 Å². The molecule has 6 heteroatoms. The lowest BCUT2D eigenvalue weighted by Crippen LogP contribution is -2.08. The molecule has 0 aliphatic rings. The van der Waals surface area contributed by atoms with Crippen LogP contribution in [-0.2, 0) is 7.05 Å². The van der Waals surface area contributed by atoms with E-state index in [1.165, 1.54) is 21.3 Å². The molecule has 0 saturated carbocycles. The normalized spacial score (nSPS) is 11.1. The minimum Gasteiger partial charge on any atom is -0.493 e. The molecule has 3 rings (SSSR count). The number of fused-ring (bicyclic) bond motifs is 1. The maximum atomic E-state index is 12.8. The average Bonchev–Trinajstić information content (AvgIpc) is 3.05. The maximum absolute atomic E-state index is 12.8. The summed E-state index contributed by atoms with van der Waals surface area (Å²) in [5.41, 5.74) is 3.65. The molecule has 6 nitrogen and oxygen atoms in total. The summed E-state index contributed by atoms with van der Waals surface area (Å²) >= 11 is 0. The summed E-state index contributed by atoms with van der Waals surface area (Å²) in [4.78, 5) is 14.9. The van der Waals surface area contributed by atoms with Crippen molar-refractivity contribution in [3.8, 4) is 17.2 Å². The molecule has 29 heavy (non-hydrogen) atoms. The highest BCUT2D eigenvalue weighted by Crippen LogP contribution is 2.38. The first-order chi connectivity index (χ1) is 13.9. The Balaban J connectivity index is 1.98. The van der Waals surface area contributed by atoms with Crippen molar-refractivity contribution in [3.63, 3.8) is 0 Å². The van der Waals surface area contributed by atoms with Gasteiger partial charge in [-0.2, -0.15) is 0 Å². The average molecular weight is 394 g/mol. The van der Waals surface area contributed by atoms with Crippen LogP contribution >= 0.6 is 0 Å². The number of aromatic nitrogens is 1. The zero-order valence-corrected chi connectivity index (χ0v) is 17.6. The van der Waals surface area contributed by atoms with Crippen LogP contribution < -0.4 is 19.1 Å². The van der Waals surface area contributed by atoms with Crippen molar-refractivity contribution >= 4 is 28.4 Å².